The fourth-order valence-corrected chi connectivity index (χ4v) is 1.97. The number of nitrogens with one attached hydrogen (secondary N) is 1. The Morgan fingerprint density at radius 2 is 2.11 bits per heavy atom. The molecule has 0 aliphatic heterocycles. The minimum atomic E-state index is -1.34. The first-order valence-corrected chi connectivity index (χ1v) is 6.52. The quantitative estimate of drug-likeness (QED) is 0.855. The average Bonchev–Trinajstić information content (AvgIpc) is 2.27. The summed E-state index contributed by atoms with van der Waals surface area (Å²) in [5, 5.41) is 11.8. The molecule has 0 fully saturated rings. The molecule has 0 heterocycles. The Balaban J connectivity index is 2.57. The van der Waals surface area contributed by atoms with Crippen molar-refractivity contribution < 1.29 is 19.4 Å². The Kier molecular flexibility index (Phi) is 5.20. The number of hydrogen-bond donors (Lipinski definition) is 2. The second kappa shape index (κ2) is 6.25. The van der Waals surface area contributed by atoms with E-state index in [9.17, 15) is 9.59 Å². The lowest BCUT2D eigenvalue weighted by Crippen LogP contribution is -2.51. The zero-order chi connectivity index (χ0) is 14.6. The van der Waals surface area contributed by atoms with Crippen LogP contribution in [0.3, 0.4) is 0 Å². The number of amides is 1. The van der Waals surface area contributed by atoms with Crippen LogP contribution in [0, 0.1) is 0 Å². The molecule has 7 heteroatoms. The largest absolute Gasteiger partial charge is 0.483 e. The van der Waals surface area contributed by atoms with Gasteiger partial charge in [0.2, 0.25) is 0 Å². The Bertz CT molecular complexity index is 505. The molecule has 0 atom stereocenters. The van der Waals surface area contributed by atoms with Crippen molar-refractivity contribution in [2.45, 2.75) is 19.4 Å². The average molecular weight is 351 g/mol. The molecule has 1 aromatic carbocycles. The number of carboxylic acids is 1. The summed E-state index contributed by atoms with van der Waals surface area (Å²) < 4.78 is 5.88. The molecule has 0 saturated carbocycles. The first kappa shape index (κ1) is 15.8. The number of benzene rings is 1. The third-order valence-electron chi connectivity index (χ3n) is 2.24. The highest BCUT2D eigenvalue weighted by Crippen LogP contribution is 2.27. The summed E-state index contributed by atoms with van der Waals surface area (Å²) in [5.74, 6) is -1.18. The molecule has 0 radical (unpaired) electrons. The fraction of sp³-hybridized carbons (Fsp3) is 0.333. The van der Waals surface area contributed by atoms with Gasteiger partial charge in [0.15, 0.2) is 6.61 Å². The third kappa shape index (κ3) is 4.72. The Labute approximate surface area is 124 Å². The minimum absolute atomic E-state index is 0.281. The highest BCUT2D eigenvalue weighted by molar-refractivity contribution is 9.10. The van der Waals surface area contributed by atoms with Crippen molar-refractivity contribution in [3.05, 3.63) is 27.7 Å². The maximum absolute atomic E-state index is 11.6. The van der Waals surface area contributed by atoms with Gasteiger partial charge in [-0.15, -0.1) is 0 Å². The smallest absolute Gasteiger partial charge is 0.328 e. The summed E-state index contributed by atoms with van der Waals surface area (Å²) in [7, 11) is 0. The number of aliphatic carboxylic acids is 1. The van der Waals surface area contributed by atoms with E-state index < -0.39 is 17.4 Å². The highest BCUT2D eigenvalue weighted by atomic mass is 79.9. The van der Waals surface area contributed by atoms with Gasteiger partial charge < -0.3 is 15.2 Å². The molecule has 0 saturated heterocycles. The second-order valence-electron chi connectivity index (χ2n) is 4.34. The van der Waals surface area contributed by atoms with E-state index in [-0.39, 0.29) is 6.61 Å². The molecule has 0 bridgehead atoms. The number of ether oxygens (including phenoxy) is 1. The van der Waals surface area contributed by atoms with Crippen molar-refractivity contribution in [3.8, 4) is 5.75 Å². The summed E-state index contributed by atoms with van der Waals surface area (Å²) in [6.07, 6.45) is 0. The number of halogens is 2. The zero-order valence-corrected chi connectivity index (χ0v) is 12.7. The van der Waals surface area contributed by atoms with E-state index in [2.05, 4.69) is 21.2 Å². The summed E-state index contributed by atoms with van der Waals surface area (Å²) >= 11 is 9.02. The lowest BCUT2D eigenvalue weighted by molar-refractivity contribution is -0.146. The monoisotopic (exact) mass is 349 g/mol. The van der Waals surface area contributed by atoms with Crippen molar-refractivity contribution in [3.63, 3.8) is 0 Å². The Morgan fingerprint density at radius 1 is 1.47 bits per heavy atom. The first-order valence-electron chi connectivity index (χ1n) is 5.34. The van der Waals surface area contributed by atoms with Gasteiger partial charge in [-0.1, -0.05) is 11.6 Å². The van der Waals surface area contributed by atoms with E-state index in [1.54, 1.807) is 18.2 Å². The van der Waals surface area contributed by atoms with Crippen LogP contribution in [0.15, 0.2) is 22.7 Å². The van der Waals surface area contributed by atoms with Crippen LogP contribution in [0.25, 0.3) is 0 Å². The van der Waals surface area contributed by atoms with E-state index in [1.807, 2.05) is 0 Å². The van der Waals surface area contributed by atoms with Crippen LogP contribution in [0.1, 0.15) is 13.8 Å². The minimum Gasteiger partial charge on any atom is -0.483 e. The van der Waals surface area contributed by atoms with Gasteiger partial charge in [-0.3, -0.25) is 4.79 Å². The molecule has 2 N–H and O–H groups in total. The van der Waals surface area contributed by atoms with Gasteiger partial charge in [0.25, 0.3) is 5.91 Å². The van der Waals surface area contributed by atoms with Crippen LogP contribution in [0.4, 0.5) is 0 Å². The maximum Gasteiger partial charge on any atom is 0.328 e. The van der Waals surface area contributed by atoms with Crippen LogP contribution >= 0.6 is 27.5 Å². The van der Waals surface area contributed by atoms with E-state index in [0.717, 1.165) is 0 Å². The number of carbonyl (C=O) groups excluding carboxylic acids is 1. The van der Waals surface area contributed by atoms with Crippen molar-refractivity contribution >= 4 is 39.4 Å². The summed E-state index contributed by atoms with van der Waals surface area (Å²) in [6, 6.07) is 4.87. The number of rotatable bonds is 5. The maximum atomic E-state index is 11.6. The predicted octanol–water partition coefficient (Wildman–Crippen LogP) is 2.46. The zero-order valence-electron chi connectivity index (χ0n) is 10.4. The van der Waals surface area contributed by atoms with Crippen molar-refractivity contribution in [1.29, 1.82) is 0 Å². The van der Waals surface area contributed by atoms with Crippen LogP contribution in [-0.4, -0.2) is 29.1 Å². The number of carbonyl (C=O) groups is 2. The van der Waals surface area contributed by atoms with Gasteiger partial charge in [0, 0.05) is 5.02 Å². The molecule has 5 nitrogen and oxygen atoms in total. The molecular weight excluding hydrogens is 337 g/mol. The fourth-order valence-electron chi connectivity index (χ4n) is 1.17. The Morgan fingerprint density at radius 3 is 2.63 bits per heavy atom. The predicted molar refractivity (Wildman–Crippen MR) is 74.5 cm³/mol. The number of carboxylic acid groups (broad SMARTS) is 1. The molecule has 0 aliphatic rings. The lowest BCUT2D eigenvalue weighted by Gasteiger charge is -2.21. The van der Waals surface area contributed by atoms with Gasteiger partial charge in [0.1, 0.15) is 11.3 Å². The SMILES string of the molecule is CC(C)(NC(=O)COc1ccc(Cl)cc1Br)C(=O)O. The Hall–Kier alpha value is -1.27. The number of hydrogen-bond acceptors (Lipinski definition) is 3. The molecule has 0 unspecified atom stereocenters. The van der Waals surface area contributed by atoms with E-state index in [4.69, 9.17) is 21.4 Å². The van der Waals surface area contributed by atoms with Gasteiger partial charge in [-0.05, 0) is 48.0 Å². The van der Waals surface area contributed by atoms with Crippen LogP contribution < -0.4 is 10.1 Å². The van der Waals surface area contributed by atoms with E-state index >= 15 is 0 Å². The molecular formula is C12H13BrClNO4. The molecule has 1 rings (SSSR count). The lowest BCUT2D eigenvalue weighted by atomic mass is 10.1. The normalized spacial score (nSPS) is 10.9. The van der Waals surface area contributed by atoms with Crippen molar-refractivity contribution in [2.75, 3.05) is 6.61 Å². The van der Waals surface area contributed by atoms with Gasteiger partial charge in [-0.2, -0.15) is 0 Å². The molecule has 1 aromatic rings. The third-order valence-corrected chi connectivity index (χ3v) is 3.09. The molecule has 0 aliphatic carbocycles. The van der Waals surface area contributed by atoms with Crippen molar-refractivity contribution in [1.82, 2.24) is 5.32 Å². The van der Waals surface area contributed by atoms with Crippen molar-refractivity contribution in [2.24, 2.45) is 0 Å². The molecule has 19 heavy (non-hydrogen) atoms. The summed E-state index contributed by atoms with van der Waals surface area (Å²) in [4.78, 5) is 22.4. The molecule has 0 aromatic heterocycles. The molecule has 0 spiro atoms. The first-order chi connectivity index (χ1) is 8.72. The topological polar surface area (TPSA) is 75.6 Å². The highest BCUT2D eigenvalue weighted by Gasteiger charge is 2.28. The second-order valence-corrected chi connectivity index (χ2v) is 5.63. The van der Waals surface area contributed by atoms with Gasteiger partial charge in [0.05, 0.1) is 4.47 Å². The van der Waals surface area contributed by atoms with E-state index in [1.165, 1.54) is 13.8 Å². The van der Waals surface area contributed by atoms with Crippen LogP contribution in [0.2, 0.25) is 5.02 Å². The summed E-state index contributed by atoms with van der Waals surface area (Å²) in [6.45, 7) is 2.51. The molecule has 1 amide bonds. The van der Waals surface area contributed by atoms with Gasteiger partial charge in [-0.25, -0.2) is 4.79 Å². The molecule has 104 valence electrons. The standard InChI is InChI=1S/C12H13BrClNO4/c1-12(2,11(17)18)15-10(16)6-19-9-4-3-7(14)5-8(9)13/h3-5H,6H2,1-2H3,(H,15,16)(H,17,18). The van der Waals surface area contributed by atoms with E-state index in [0.29, 0.717) is 15.2 Å². The van der Waals surface area contributed by atoms with Crippen LogP contribution in [0.5, 0.6) is 5.75 Å². The van der Waals surface area contributed by atoms with Crippen LogP contribution in [-0.2, 0) is 9.59 Å². The summed E-state index contributed by atoms with van der Waals surface area (Å²) in [5.41, 5.74) is -1.34. The van der Waals surface area contributed by atoms with Gasteiger partial charge >= 0.3 is 5.97 Å².